The minimum atomic E-state index is -3.89. The van der Waals surface area contributed by atoms with Gasteiger partial charge in [-0.05, 0) is 23.1 Å². The molecule has 0 aliphatic heterocycles. The topological polar surface area (TPSA) is 94.8 Å². The smallest absolute Gasteiger partial charge is 0.247 e. The molecule has 9 heteroatoms. The Morgan fingerprint density at radius 2 is 1.71 bits per heavy atom. The van der Waals surface area contributed by atoms with Crippen molar-refractivity contribution in [3.63, 3.8) is 0 Å². The second-order valence-corrected chi connectivity index (χ2v) is 10.1. The molecule has 1 aromatic heterocycles. The monoisotopic (exact) mass is 445 g/mol. The van der Waals surface area contributed by atoms with Gasteiger partial charge in [-0.2, -0.15) is 9.29 Å². The van der Waals surface area contributed by atoms with Crippen LogP contribution in [0.2, 0.25) is 0 Å². The molecule has 0 amide bonds. The molecule has 1 heterocycles. The summed E-state index contributed by atoms with van der Waals surface area (Å²) in [6, 6.07) is 12.5. The Hall–Kier alpha value is -2.91. The first-order chi connectivity index (χ1) is 14.6. The largest absolute Gasteiger partial charge is 0.497 e. The summed E-state index contributed by atoms with van der Waals surface area (Å²) >= 11 is 0. The van der Waals surface area contributed by atoms with Crippen molar-refractivity contribution in [1.29, 1.82) is 0 Å². The lowest BCUT2D eigenvalue weighted by Gasteiger charge is -2.18. The van der Waals surface area contributed by atoms with Crippen LogP contribution in [0.3, 0.4) is 0 Å². The SMILES string of the molecule is COc1ccc(OC)c(S(=O)(=O)N(C)Cc2nc(-c3ccc(C(C)(C)C)cc3)no2)c1. The van der Waals surface area contributed by atoms with Crippen LogP contribution >= 0.6 is 0 Å². The first-order valence-electron chi connectivity index (χ1n) is 9.68. The van der Waals surface area contributed by atoms with Gasteiger partial charge in [-0.1, -0.05) is 50.2 Å². The lowest BCUT2D eigenvalue weighted by molar-refractivity contribution is 0.335. The molecule has 0 saturated heterocycles. The summed E-state index contributed by atoms with van der Waals surface area (Å²) in [5, 5.41) is 3.99. The molecule has 3 rings (SSSR count). The maximum Gasteiger partial charge on any atom is 0.247 e. The fourth-order valence-electron chi connectivity index (χ4n) is 2.98. The lowest BCUT2D eigenvalue weighted by atomic mass is 9.87. The van der Waals surface area contributed by atoms with Crippen LogP contribution in [0, 0.1) is 0 Å². The van der Waals surface area contributed by atoms with Gasteiger partial charge in [-0.25, -0.2) is 8.42 Å². The molecule has 2 aromatic carbocycles. The molecule has 0 saturated carbocycles. The third kappa shape index (κ3) is 4.88. The molecule has 0 radical (unpaired) electrons. The summed E-state index contributed by atoms with van der Waals surface area (Å²) in [5.74, 6) is 1.22. The molecule has 0 fully saturated rings. The van der Waals surface area contributed by atoms with Gasteiger partial charge in [0.1, 0.15) is 16.4 Å². The normalized spacial score (nSPS) is 12.2. The lowest BCUT2D eigenvalue weighted by Crippen LogP contribution is -2.27. The number of benzene rings is 2. The summed E-state index contributed by atoms with van der Waals surface area (Å²) in [4.78, 5) is 4.35. The Bertz CT molecular complexity index is 1150. The van der Waals surface area contributed by atoms with Crippen LogP contribution in [0.4, 0.5) is 0 Å². The van der Waals surface area contributed by atoms with E-state index >= 15 is 0 Å². The number of hydrogen-bond donors (Lipinski definition) is 0. The van der Waals surface area contributed by atoms with Gasteiger partial charge in [0, 0.05) is 18.7 Å². The number of nitrogens with zero attached hydrogens (tertiary/aromatic N) is 3. The van der Waals surface area contributed by atoms with Crippen molar-refractivity contribution in [2.45, 2.75) is 37.6 Å². The number of ether oxygens (including phenoxy) is 2. The number of rotatable bonds is 7. The minimum Gasteiger partial charge on any atom is -0.497 e. The van der Waals surface area contributed by atoms with Gasteiger partial charge >= 0.3 is 0 Å². The van der Waals surface area contributed by atoms with Crippen LogP contribution in [0.25, 0.3) is 11.4 Å². The van der Waals surface area contributed by atoms with Gasteiger partial charge in [0.05, 0.1) is 20.8 Å². The zero-order chi connectivity index (χ0) is 22.8. The van der Waals surface area contributed by atoms with E-state index in [4.69, 9.17) is 14.0 Å². The van der Waals surface area contributed by atoms with Crippen molar-refractivity contribution in [3.8, 4) is 22.9 Å². The van der Waals surface area contributed by atoms with Crippen LogP contribution in [-0.4, -0.2) is 44.1 Å². The fourth-order valence-corrected chi connectivity index (χ4v) is 4.27. The van der Waals surface area contributed by atoms with Gasteiger partial charge in [-0.15, -0.1) is 0 Å². The van der Waals surface area contributed by atoms with Gasteiger partial charge in [-0.3, -0.25) is 0 Å². The predicted molar refractivity (Wildman–Crippen MR) is 117 cm³/mol. The highest BCUT2D eigenvalue weighted by atomic mass is 32.2. The molecule has 0 aliphatic carbocycles. The van der Waals surface area contributed by atoms with E-state index in [0.717, 1.165) is 9.87 Å². The molecular weight excluding hydrogens is 418 g/mol. The Kier molecular flexibility index (Phi) is 6.38. The molecule has 0 N–H and O–H groups in total. The quantitative estimate of drug-likeness (QED) is 0.545. The molecule has 166 valence electrons. The van der Waals surface area contributed by atoms with E-state index in [9.17, 15) is 8.42 Å². The number of hydrogen-bond acceptors (Lipinski definition) is 7. The first-order valence-corrected chi connectivity index (χ1v) is 11.1. The van der Waals surface area contributed by atoms with E-state index in [-0.39, 0.29) is 28.5 Å². The predicted octanol–water partition coefficient (Wildman–Crippen LogP) is 3.87. The van der Waals surface area contributed by atoms with Crippen LogP contribution in [0.1, 0.15) is 32.2 Å². The Morgan fingerprint density at radius 1 is 1.03 bits per heavy atom. The maximum atomic E-state index is 13.1. The van der Waals surface area contributed by atoms with E-state index in [1.165, 1.54) is 32.9 Å². The molecule has 0 spiro atoms. The highest BCUT2D eigenvalue weighted by Crippen LogP contribution is 2.31. The van der Waals surface area contributed by atoms with Gasteiger partial charge in [0.2, 0.25) is 21.7 Å². The molecule has 8 nitrogen and oxygen atoms in total. The van der Waals surface area contributed by atoms with E-state index in [2.05, 4.69) is 30.9 Å². The van der Waals surface area contributed by atoms with Gasteiger partial charge in [0.25, 0.3) is 0 Å². The van der Waals surface area contributed by atoms with Crippen molar-refractivity contribution in [3.05, 3.63) is 53.9 Å². The second-order valence-electron chi connectivity index (χ2n) is 8.12. The summed E-state index contributed by atoms with van der Waals surface area (Å²) in [6.45, 7) is 6.34. The average molecular weight is 446 g/mol. The standard InChI is InChI=1S/C22H27N3O5S/c1-22(2,3)16-9-7-15(8-10-16)21-23-20(30-24-21)14-25(4)31(26,27)19-13-17(28-5)11-12-18(19)29-6/h7-13H,14H2,1-6H3. The van der Waals surface area contributed by atoms with E-state index in [0.29, 0.717) is 11.6 Å². The fraction of sp³-hybridized carbons (Fsp3) is 0.364. The summed E-state index contributed by atoms with van der Waals surface area (Å²) in [5.41, 5.74) is 2.03. The summed E-state index contributed by atoms with van der Waals surface area (Å²) < 4.78 is 43.0. The second kappa shape index (κ2) is 8.68. The Balaban J connectivity index is 1.82. The highest BCUT2D eigenvalue weighted by molar-refractivity contribution is 7.89. The highest BCUT2D eigenvalue weighted by Gasteiger charge is 2.27. The van der Waals surface area contributed by atoms with Crippen LogP contribution in [0.15, 0.2) is 51.9 Å². The van der Waals surface area contributed by atoms with Crippen molar-refractivity contribution < 1.29 is 22.4 Å². The number of aromatic nitrogens is 2. The maximum absolute atomic E-state index is 13.1. The Morgan fingerprint density at radius 3 is 2.29 bits per heavy atom. The third-order valence-electron chi connectivity index (χ3n) is 4.89. The van der Waals surface area contributed by atoms with Crippen molar-refractivity contribution in [1.82, 2.24) is 14.4 Å². The Labute approximate surface area is 182 Å². The molecule has 0 atom stereocenters. The molecule has 31 heavy (non-hydrogen) atoms. The average Bonchev–Trinajstić information content (AvgIpc) is 3.21. The van der Waals surface area contributed by atoms with E-state index in [1.54, 1.807) is 12.1 Å². The number of sulfonamides is 1. The third-order valence-corrected chi connectivity index (χ3v) is 6.72. The zero-order valence-electron chi connectivity index (χ0n) is 18.5. The van der Waals surface area contributed by atoms with Crippen molar-refractivity contribution in [2.24, 2.45) is 0 Å². The minimum absolute atomic E-state index is 0.00522. The van der Waals surface area contributed by atoms with Crippen LogP contribution in [-0.2, 0) is 22.0 Å². The molecule has 3 aromatic rings. The van der Waals surface area contributed by atoms with Crippen LogP contribution < -0.4 is 9.47 Å². The van der Waals surface area contributed by atoms with Crippen molar-refractivity contribution in [2.75, 3.05) is 21.3 Å². The van der Waals surface area contributed by atoms with Crippen molar-refractivity contribution >= 4 is 10.0 Å². The van der Waals surface area contributed by atoms with Gasteiger partial charge < -0.3 is 14.0 Å². The van der Waals surface area contributed by atoms with E-state index < -0.39 is 10.0 Å². The summed E-state index contributed by atoms with van der Waals surface area (Å²) in [7, 11) is 0.432. The first kappa shape index (κ1) is 22.8. The van der Waals surface area contributed by atoms with Gasteiger partial charge in [0.15, 0.2) is 0 Å². The summed E-state index contributed by atoms with van der Waals surface area (Å²) in [6.07, 6.45) is 0. The zero-order valence-corrected chi connectivity index (χ0v) is 19.4. The van der Waals surface area contributed by atoms with Crippen LogP contribution in [0.5, 0.6) is 11.5 Å². The molecule has 0 unspecified atom stereocenters. The molecule has 0 aliphatic rings. The van der Waals surface area contributed by atoms with E-state index in [1.807, 2.05) is 24.3 Å². The number of methoxy groups -OCH3 is 2. The molecular formula is C22H27N3O5S. The molecule has 0 bridgehead atoms.